The van der Waals surface area contributed by atoms with Gasteiger partial charge in [0.2, 0.25) is 0 Å². The quantitative estimate of drug-likeness (QED) is 0.294. The van der Waals surface area contributed by atoms with Gasteiger partial charge in [-0.3, -0.25) is 4.79 Å². The molecule has 146 valence electrons. The molecule has 0 aliphatic carbocycles. The molecule has 1 heterocycles. The van der Waals surface area contributed by atoms with Gasteiger partial charge in [0.05, 0.1) is 22.9 Å². The molecule has 0 amide bonds. The number of hydrogen-bond donors (Lipinski definition) is 0. The van der Waals surface area contributed by atoms with E-state index in [0.29, 0.717) is 25.4 Å². The Hall–Kier alpha value is -1.49. The number of para-hydroxylation sites is 1. The first-order valence-electron chi connectivity index (χ1n) is 9.28. The molecule has 0 spiro atoms. The second-order valence-electron chi connectivity index (χ2n) is 6.15. The average molecular weight is 408 g/mol. The van der Waals surface area contributed by atoms with Gasteiger partial charge < -0.3 is 9.47 Å². The van der Waals surface area contributed by atoms with Crippen molar-refractivity contribution >= 4 is 37.1 Å². The Bertz CT molecular complexity index is 772. The number of nitrogens with zero attached hydrogens (tertiary/aromatic N) is 1. The van der Waals surface area contributed by atoms with Crippen molar-refractivity contribution in [2.75, 3.05) is 19.0 Å². The van der Waals surface area contributed by atoms with Gasteiger partial charge in [0.25, 0.3) is 5.34 Å². The van der Waals surface area contributed by atoms with Crippen molar-refractivity contribution in [3.63, 3.8) is 0 Å². The molecule has 27 heavy (non-hydrogen) atoms. The van der Waals surface area contributed by atoms with E-state index in [-0.39, 0.29) is 5.97 Å². The van der Waals surface area contributed by atoms with Crippen molar-refractivity contribution in [1.82, 2.24) is 4.98 Å². The number of carbonyl (C=O) groups excluding carboxylic acids is 1. The van der Waals surface area contributed by atoms with E-state index in [0.717, 1.165) is 22.3 Å². The smallest absolute Gasteiger partial charge is 0.361 e. The third-order valence-corrected chi connectivity index (χ3v) is 6.66. The number of hydrogen-bond acceptors (Lipinski definition) is 6. The van der Waals surface area contributed by atoms with Crippen molar-refractivity contribution in [1.29, 1.82) is 0 Å². The molecule has 5 nitrogen and oxygen atoms in total. The number of fused-ring (bicyclic) bond motifs is 1. The molecule has 0 fully saturated rings. The summed E-state index contributed by atoms with van der Waals surface area (Å²) in [5.41, 5.74) is 0.907. The van der Waals surface area contributed by atoms with Crippen LogP contribution in [0.15, 0.2) is 41.4 Å². The van der Waals surface area contributed by atoms with Crippen LogP contribution in [0.4, 0.5) is 0 Å². The van der Waals surface area contributed by atoms with Crippen LogP contribution in [0.3, 0.4) is 0 Å². The van der Waals surface area contributed by atoms with Gasteiger partial charge in [0.15, 0.2) is 0 Å². The van der Waals surface area contributed by atoms with Crippen molar-refractivity contribution in [2.24, 2.45) is 5.92 Å². The molecular formula is C20H27NO4PS+. The summed E-state index contributed by atoms with van der Waals surface area (Å²) in [7, 11) is -0.775. The van der Waals surface area contributed by atoms with Crippen LogP contribution >= 0.6 is 20.2 Å². The summed E-state index contributed by atoms with van der Waals surface area (Å²) in [5, 5.41) is 0.809. The lowest BCUT2D eigenvalue weighted by Gasteiger charge is -2.27. The normalized spacial score (nSPS) is 14.8. The maximum absolute atomic E-state index is 12.5. The van der Waals surface area contributed by atoms with E-state index >= 15 is 0 Å². The topological polar surface area (TPSA) is 65.5 Å². The molecule has 0 aliphatic rings. The first-order chi connectivity index (χ1) is 13.1. The molecule has 0 saturated carbocycles. The van der Waals surface area contributed by atoms with Gasteiger partial charge in [-0.15, -0.1) is 0 Å². The minimum atomic E-state index is -1.07. The zero-order valence-corrected chi connectivity index (χ0v) is 17.9. The number of thioether (sulfide) groups is 1. The Morgan fingerprint density at radius 1 is 1.19 bits per heavy atom. The van der Waals surface area contributed by atoms with E-state index in [1.165, 1.54) is 11.8 Å². The van der Waals surface area contributed by atoms with Gasteiger partial charge in [-0.1, -0.05) is 53.9 Å². The van der Waals surface area contributed by atoms with E-state index in [1.807, 2.05) is 50.2 Å². The number of esters is 1. The van der Waals surface area contributed by atoms with Crippen molar-refractivity contribution < 1.29 is 18.8 Å². The lowest BCUT2D eigenvalue weighted by Crippen LogP contribution is -2.43. The average Bonchev–Trinajstić information content (AvgIpc) is 2.69. The highest BCUT2D eigenvalue weighted by Gasteiger charge is 2.52. The predicted octanol–water partition coefficient (Wildman–Crippen LogP) is 5.06. The first-order valence-corrected chi connectivity index (χ1v) is 11.2. The molecular weight excluding hydrogens is 381 g/mol. The van der Waals surface area contributed by atoms with Gasteiger partial charge in [-0.2, -0.15) is 0 Å². The molecule has 1 aromatic heterocycles. The summed E-state index contributed by atoms with van der Waals surface area (Å²) in [6.45, 7) is 6.29. The highest BCUT2D eigenvalue weighted by Crippen LogP contribution is 2.41. The molecule has 0 saturated heterocycles. The van der Waals surface area contributed by atoms with Crippen LogP contribution in [-0.2, 0) is 18.8 Å². The maximum Gasteiger partial charge on any atom is 0.361 e. The fourth-order valence-corrected chi connectivity index (χ4v) is 5.05. The first kappa shape index (κ1) is 21.8. The summed E-state index contributed by atoms with van der Waals surface area (Å²) in [5.74, 6) is -0.535. The molecule has 2 aromatic rings. The molecule has 0 N–H and O–H groups in total. The monoisotopic (exact) mass is 408 g/mol. The lowest BCUT2D eigenvalue weighted by molar-refractivity contribution is -0.155. The van der Waals surface area contributed by atoms with Crippen LogP contribution in [0.5, 0.6) is 0 Å². The Kier molecular flexibility index (Phi) is 8.68. The van der Waals surface area contributed by atoms with Crippen molar-refractivity contribution in [3.05, 3.63) is 36.4 Å². The van der Waals surface area contributed by atoms with Crippen LogP contribution < -0.4 is 0 Å². The van der Waals surface area contributed by atoms with E-state index in [4.69, 9.17) is 9.47 Å². The second kappa shape index (κ2) is 10.7. The molecule has 3 unspecified atom stereocenters. The number of aromatic nitrogens is 1. The molecule has 0 radical (unpaired) electrons. The Morgan fingerprint density at radius 3 is 2.63 bits per heavy atom. The molecule has 0 aliphatic heterocycles. The highest BCUT2D eigenvalue weighted by atomic mass is 32.2. The summed E-state index contributed by atoms with van der Waals surface area (Å²) in [6, 6.07) is 11.9. The summed E-state index contributed by atoms with van der Waals surface area (Å²) in [6.07, 6.45) is 1.35. The van der Waals surface area contributed by atoms with Crippen LogP contribution in [0.2, 0.25) is 0 Å². The molecule has 0 bridgehead atoms. The van der Waals surface area contributed by atoms with Crippen molar-refractivity contribution in [2.45, 2.75) is 44.0 Å². The molecule has 2 rings (SSSR count). The fourth-order valence-electron chi connectivity index (χ4n) is 3.01. The Morgan fingerprint density at radius 2 is 1.96 bits per heavy atom. The van der Waals surface area contributed by atoms with Crippen LogP contribution in [0, 0.1) is 5.92 Å². The fraction of sp³-hybridized carbons (Fsp3) is 0.500. The molecule has 7 heteroatoms. The number of benzene rings is 1. The largest absolute Gasteiger partial charge is 0.466 e. The van der Waals surface area contributed by atoms with Gasteiger partial charge in [0.1, 0.15) is 5.92 Å². The molecule has 3 atom stereocenters. The predicted molar refractivity (Wildman–Crippen MR) is 111 cm³/mol. The standard InChI is InChI=1S/C20H26NO4PS/c1-4-9-16(19(22)24-5-2)20(26-23,25-6-3)14-27-18-13-12-15-10-7-8-11-17(15)21-18/h7-8,10-13,16H,4-6,9,14H2,1-3H3/p+1. The molecule has 1 aromatic carbocycles. The Balaban J connectivity index is 2.27. The SMILES string of the molecule is CCCC(C(=O)OCC)C(CSc1ccc2ccccc2n1)(OCC)[PH+]=O. The van der Waals surface area contributed by atoms with E-state index in [2.05, 4.69) is 4.98 Å². The number of pyridine rings is 1. The van der Waals surface area contributed by atoms with Gasteiger partial charge >= 0.3 is 14.4 Å². The zero-order chi connectivity index (χ0) is 19.7. The zero-order valence-electron chi connectivity index (χ0n) is 16.1. The number of ether oxygens (including phenoxy) is 2. The number of rotatable bonds is 11. The third-order valence-electron chi connectivity index (χ3n) is 4.29. The van der Waals surface area contributed by atoms with Crippen LogP contribution in [-0.4, -0.2) is 35.3 Å². The highest BCUT2D eigenvalue weighted by molar-refractivity contribution is 7.99. The minimum absolute atomic E-state index is 0.294. The number of carbonyl (C=O) groups is 1. The summed E-state index contributed by atoms with van der Waals surface area (Å²) >= 11 is 1.46. The minimum Gasteiger partial charge on any atom is -0.466 e. The lowest BCUT2D eigenvalue weighted by atomic mass is 9.97. The summed E-state index contributed by atoms with van der Waals surface area (Å²) in [4.78, 5) is 17.2. The second-order valence-corrected chi connectivity index (χ2v) is 8.19. The maximum atomic E-state index is 12.5. The Labute approximate surface area is 166 Å². The third kappa shape index (κ3) is 5.50. The van der Waals surface area contributed by atoms with E-state index < -0.39 is 19.7 Å². The van der Waals surface area contributed by atoms with Crippen molar-refractivity contribution in [3.8, 4) is 0 Å². The van der Waals surface area contributed by atoms with E-state index in [9.17, 15) is 9.36 Å². The summed E-state index contributed by atoms with van der Waals surface area (Å²) < 4.78 is 23.4. The van der Waals surface area contributed by atoms with Crippen LogP contribution in [0.25, 0.3) is 10.9 Å². The van der Waals surface area contributed by atoms with Crippen LogP contribution in [0.1, 0.15) is 33.6 Å². The van der Waals surface area contributed by atoms with E-state index in [1.54, 1.807) is 6.92 Å². The van der Waals surface area contributed by atoms with Gasteiger partial charge in [-0.25, -0.2) is 4.98 Å². The van der Waals surface area contributed by atoms with Gasteiger partial charge in [-0.05, 0) is 32.4 Å². The van der Waals surface area contributed by atoms with Gasteiger partial charge in [0, 0.05) is 12.0 Å².